The molecular formula is C14H16FNO4. The van der Waals surface area contributed by atoms with E-state index in [0.29, 0.717) is 6.42 Å². The van der Waals surface area contributed by atoms with Crippen molar-refractivity contribution in [3.05, 3.63) is 35.6 Å². The molecule has 0 bridgehead atoms. The van der Waals surface area contributed by atoms with Crippen molar-refractivity contribution >= 4 is 11.9 Å². The summed E-state index contributed by atoms with van der Waals surface area (Å²) in [6.45, 7) is 0.0548. The van der Waals surface area contributed by atoms with Gasteiger partial charge in [-0.15, -0.1) is 0 Å². The topological polar surface area (TPSA) is 77.8 Å². The Morgan fingerprint density at radius 2 is 1.95 bits per heavy atom. The van der Waals surface area contributed by atoms with Gasteiger partial charge in [0.1, 0.15) is 11.9 Å². The van der Waals surface area contributed by atoms with Crippen molar-refractivity contribution in [1.82, 2.24) is 4.90 Å². The summed E-state index contributed by atoms with van der Waals surface area (Å²) in [6.07, 6.45) is -0.163. The van der Waals surface area contributed by atoms with Gasteiger partial charge in [0, 0.05) is 19.4 Å². The largest absolute Gasteiger partial charge is 0.480 e. The summed E-state index contributed by atoms with van der Waals surface area (Å²) in [6, 6.07) is 4.87. The van der Waals surface area contributed by atoms with Gasteiger partial charge in [-0.2, -0.15) is 0 Å². The van der Waals surface area contributed by atoms with Crippen molar-refractivity contribution in [1.29, 1.82) is 0 Å². The average Bonchev–Trinajstić information content (AvgIpc) is 2.80. The van der Waals surface area contributed by atoms with E-state index in [-0.39, 0.29) is 31.1 Å². The van der Waals surface area contributed by atoms with E-state index in [1.165, 1.54) is 17.0 Å². The Labute approximate surface area is 115 Å². The van der Waals surface area contributed by atoms with E-state index in [9.17, 15) is 19.1 Å². The zero-order valence-corrected chi connectivity index (χ0v) is 10.8. The normalized spacial score (nSPS) is 22.0. The van der Waals surface area contributed by atoms with Crippen molar-refractivity contribution in [2.75, 3.05) is 6.54 Å². The number of aliphatic carboxylic acids is 1. The van der Waals surface area contributed by atoms with Gasteiger partial charge in [-0.05, 0) is 24.1 Å². The highest BCUT2D eigenvalue weighted by molar-refractivity contribution is 5.84. The van der Waals surface area contributed by atoms with Crippen molar-refractivity contribution in [3.8, 4) is 0 Å². The standard InChI is InChI=1S/C14H16FNO4/c15-10-4-1-9(2-5-10)3-6-13(18)16-8-11(17)7-12(16)14(19)20/h1-2,4-5,11-12,17H,3,6-8H2,(H,19,20). The Bertz CT molecular complexity index is 502. The lowest BCUT2D eigenvalue weighted by atomic mass is 10.1. The van der Waals surface area contributed by atoms with E-state index >= 15 is 0 Å². The van der Waals surface area contributed by atoms with Crippen LogP contribution in [0.1, 0.15) is 18.4 Å². The third kappa shape index (κ3) is 3.33. The highest BCUT2D eigenvalue weighted by Crippen LogP contribution is 2.20. The van der Waals surface area contributed by atoms with Gasteiger partial charge in [0.2, 0.25) is 5.91 Å². The second kappa shape index (κ2) is 6.00. The van der Waals surface area contributed by atoms with Crippen LogP contribution in [-0.2, 0) is 16.0 Å². The second-order valence-electron chi connectivity index (χ2n) is 4.92. The maximum atomic E-state index is 12.7. The molecule has 1 aliphatic rings. The predicted octanol–water partition coefficient (Wildman–Crippen LogP) is 0.805. The zero-order chi connectivity index (χ0) is 14.7. The van der Waals surface area contributed by atoms with Crippen LogP contribution in [0, 0.1) is 5.82 Å². The number of halogens is 1. The predicted molar refractivity (Wildman–Crippen MR) is 68.5 cm³/mol. The van der Waals surface area contributed by atoms with Gasteiger partial charge in [0.05, 0.1) is 6.10 Å². The Balaban J connectivity index is 1.94. The quantitative estimate of drug-likeness (QED) is 0.856. The smallest absolute Gasteiger partial charge is 0.326 e. The molecule has 2 atom stereocenters. The number of carbonyl (C=O) groups is 2. The maximum Gasteiger partial charge on any atom is 0.326 e. The van der Waals surface area contributed by atoms with Crippen molar-refractivity contribution in [3.63, 3.8) is 0 Å². The fourth-order valence-electron chi connectivity index (χ4n) is 2.37. The van der Waals surface area contributed by atoms with Crippen LogP contribution in [0.25, 0.3) is 0 Å². The molecule has 1 fully saturated rings. The average molecular weight is 281 g/mol. The molecule has 1 aromatic rings. The molecule has 1 heterocycles. The third-order valence-corrected chi connectivity index (χ3v) is 3.43. The Morgan fingerprint density at radius 1 is 1.30 bits per heavy atom. The van der Waals surface area contributed by atoms with Crippen LogP contribution in [0.3, 0.4) is 0 Å². The molecule has 0 spiro atoms. The molecule has 108 valence electrons. The van der Waals surface area contributed by atoms with Crippen LogP contribution < -0.4 is 0 Å². The Hall–Kier alpha value is -1.95. The first-order valence-electron chi connectivity index (χ1n) is 6.42. The molecule has 20 heavy (non-hydrogen) atoms. The minimum Gasteiger partial charge on any atom is -0.480 e. The second-order valence-corrected chi connectivity index (χ2v) is 4.92. The fraction of sp³-hybridized carbons (Fsp3) is 0.429. The first kappa shape index (κ1) is 14.5. The van der Waals surface area contributed by atoms with E-state index in [1.54, 1.807) is 12.1 Å². The summed E-state index contributed by atoms with van der Waals surface area (Å²) in [5.41, 5.74) is 0.811. The summed E-state index contributed by atoms with van der Waals surface area (Å²) in [4.78, 5) is 24.3. The molecule has 2 N–H and O–H groups in total. The fourth-order valence-corrected chi connectivity index (χ4v) is 2.37. The monoisotopic (exact) mass is 281 g/mol. The zero-order valence-electron chi connectivity index (χ0n) is 10.8. The number of hydrogen-bond acceptors (Lipinski definition) is 3. The first-order valence-corrected chi connectivity index (χ1v) is 6.42. The van der Waals surface area contributed by atoms with Gasteiger partial charge >= 0.3 is 5.97 Å². The number of amides is 1. The maximum absolute atomic E-state index is 12.7. The van der Waals surface area contributed by atoms with Crippen molar-refractivity contribution in [2.45, 2.75) is 31.4 Å². The highest BCUT2D eigenvalue weighted by Gasteiger charge is 2.38. The van der Waals surface area contributed by atoms with Crippen LogP contribution in [0.2, 0.25) is 0 Å². The number of β-amino-alcohol motifs (C(OH)–C–C–N with tert-alkyl or cyclic N) is 1. The van der Waals surface area contributed by atoms with Gasteiger partial charge in [0.15, 0.2) is 0 Å². The molecule has 1 aliphatic heterocycles. The summed E-state index contributed by atoms with van der Waals surface area (Å²) in [5, 5.41) is 18.5. The molecule has 5 nitrogen and oxygen atoms in total. The number of rotatable bonds is 4. The van der Waals surface area contributed by atoms with Crippen molar-refractivity contribution < 1.29 is 24.2 Å². The minimum atomic E-state index is -1.10. The molecular weight excluding hydrogens is 265 g/mol. The molecule has 2 rings (SSSR count). The van der Waals surface area contributed by atoms with E-state index in [1.807, 2.05) is 0 Å². The number of aryl methyl sites for hydroxylation is 1. The van der Waals surface area contributed by atoms with Crippen LogP contribution in [0.5, 0.6) is 0 Å². The van der Waals surface area contributed by atoms with E-state index in [2.05, 4.69) is 0 Å². The third-order valence-electron chi connectivity index (χ3n) is 3.43. The molecule has 0 aliphatic carbocycles. The number of aliphatic hydroxyl groups excluding tert-OH is 1. The molecule has 0 aromatic heterocycles. The molecule has 1 saturated heterocycles. The lowest BCUT2D eigenvalue weighted by Crippen LogP contribution is -2.40. The first-order chi connectivity index (χ1) is 9.47. The summed E-state index contributed by atoms with van der Waals surface area (Å²) < 4.78 is 12.7. The van der Waals surface area contributed by atoms with Gasteiger partial charge in [-0.1, -0.05) is 12.1 Å². The molecule has 1 amide bonds. The van der Waals surface area contributed by atoms with Crippen LogP contribution in [0.15, 0.2) is 24.3 Å². The van der Waals surface area contributed by atoms with Crippen LogP contribution in [0.4, 0.5) is 4.39 Å². The molecule has 1 aromatic carbocycles. The number of likely N-dealkylation sites (tertiary alicyclic amines) is 1. The number of carboxylic acids is 1. The van der Waals surface area contributed by atoms with Gasteiger partial charge in [0.25, 0.3) is 0 Å². The lowest BCUT2D eigenvalue weighted by molar-refractivity contribution is -0.148. The number of benzene rings is 1. The van der Waals surface area contributed by atoms with Crippen LogP contribution >= 0.6 is 0 Å². The van der Waals surface area contributed by atoms with E-state index in [0.717, 1.165) is 5.56 Å². The van der Waals surface area contributed by atoms with Gasteiger partial charge in [-0.3, -0.25) is 4.79 Å². The highest BCUT2D eigenvalue weighted by atomic mass is 19.1. The lowest BCUT2D eigenvalue weighted by Gasteiger charge is -2.21. The van der Waals surface area contributed by atoms with Crippen LogP contribution in [-0.4, -0.2) is 45.7 Å². The Morgan fingerprint density at radius 3 is 2.55 bits per heavy atom. The van der Waals surface area contributed by atoms with E-state index < -0.39 is 18.1 Å². The molecule has 0 radical (unpaired) electrons. The molecule has 6 heteroatoms. The van der Waals surface area contributed by atoms with Gasteiger partial charge in [-0.25, -0.2) is 9.18 Å². The number of carbonyl (C=O) groups excluding carboxylic acids is 1. The summed E-state index contributed by atoms with van der Waals surface area (Å²) in [7, 11) is 0. The number of carboxylic acid groups (broad SMARTS) is 1. The number of nitrogens with zero attached hydrogens (tertiary/aromatic N) is 1. The number of hydrogen-bond donors (Lipinski definition) is 2. The number of aliphatic hydroxyl groups is 1. The van der Waals surface area contributed by atoms with Crippen molar-refractivity contribution in [2.24, 2.45) is 0 Å². The Kier molecular flexibility index (Phi) is 4.34. The summed E-state index contributed by atoms with van der Waals surface area (Å²) in [5.74, 6) is -1.75. The molecule has 0 saturated carbocycles. The van der Waals surface area contributed by atoms with E-state index in [4.69, 9.17) is 5.11 Å². The SMILES string of the molecule is O=C(O)C1CC(O)CN1C(=O)CCc1ccc(F)cc1. The summed E-state index contributed by atoms with van der Waals surface area (Å²) >= 11 is 0. The minimum absolute atomic E-state index is 0.0548. The van der Waals surface area contributed by atoms with Gasteiger partial charge < -0.3 is 15.1 Å². The molecule has 2 unspecified atom stereocenters.